The van der Waals surface area contributed by atoms with E-state index in [0.29, 0.717) is 17.1 Å². The van der Waals surface area contributed by atoms with E-state index >= 15 is 0 Å². The summed E-state index contributed by atoms with van der Waals surface area (Å²) in [5.41, 5.74) is 3.06. The summed E-state index contributed by atoms with van der Waals surface area (Å²) in [7, 11) is 0. The third-order valence-electron chi connectivity index (χ3n) is 4.45. The predicted molar refractivity (Wildman–Crippen MR) is 107 cm³/mol. The topological polar surface area (TPSA) is 103 Å². The highest BCUT2D eigenvalue weighted by Crippen LogP contribution is 2.19. The molecule has 2 aromatic heterocycles. The molecule has 0 radical (unpaired) electrons. The van der Waals surface area contributed by atoms with Crippen molar-refractivity contribution in [2.75, 3.05) is 5.32 Å². The van der Waals surface area contributed by atoms with E-state index in [9.17, 15) is 9.59 Å². The average molecular weight is 373 g/mol. The van der Waals surface area contributed by atoms with Crippen LogP contribution in [0.3, 0.4) is 0 Å². The van der Waals surface area contributed by atoms with Gasteiger partial charge in [0.05, 0.1) is 6.20 Å². The number of hydrogen-bond donors (Lipinski definition) is 4. The van der Waals surface area contributed by atoms with Crippen molar-refractivity contribution in [3.8, 4) is 0 Å². The van der Waals surface area contributed by atoms with Crippen molar-refractivity contribution in [1.82, 2.24) is 20.5 Å². The first kappa shape index (κ1) is 17.5. The highest BCUT2D eigenvalue weighted by Gasteiger charge is 2.24. The Hall–Kier alpha value is -3.87. The lowest BCUT2D eigenvalue weighted by Gasteiger charge is -2.18. The Balaban J connectivity index is 1.60. The Kier molecular flexibility index (Phi) is 4.63. The molecule has 1 atom stereocenters. The lowest BCUT2D eigenvalue weighted by Crippen LogP contribution is -2.37. The molecule has 2 heterocycles. The fourth-order valence-electron chi connectivity index (χ4n) is 3.05. The van der Waals surface area contributed by atoms with Gasteiger partial charge in [-0.3, -0.25) is 14.7 Å². The molecule has 0 saturated heterocycles. The normalized spacial score (nSPS) is 11.9. The minimum absolute atomic E-state index is 0.359. The Morgan fingerprint density at radius 1 is 1.04 bits per heavy atom. The van der Waals surface area contributed by atoms with Crippen LogP contribution < -0.4 is 10.6 Å². The highest BCUT2D eigenvalue weighted by molar-refractivity contribution is 6.02. The van der Waals surface area contributed by atoms with Gasteiger partial charge >= 0.3 is 0 Å². The maximum Gasteiger partial charge on any atom is 0.268 e. The Labute approximate surface area is 161 Å². The van der Waals surface area contributed by atoms with Crippen LogP contribution in [0.5, 0.6) is 0 Å². The summed E-state index contributed by atoms with van der Waals surface area (Å²) in [6.07, 6.45) is 1.54. The number of benzene rings is 2. The van der Waals surface area contributed by atoms with E-state index in [2.05, 4.69) is 25.8 Å². The van der Waals surface area contributed by atoms with Gasteiger partial charge in [0.1, 0.15) is 17.6 Å². The molecule has 4 rings (SSSR count). The van der Waals surface area contributed by atoms with Gasteiger partial charge in [-0.2, -0.15) is 5.10 Å². The molecule has 140 valence electrons. The van der Waals surface area contributed by atoms with E-state index in [1.807, 2.05) is 43.3 Å². The minimum atomic E-state index is -0.856. The number of fused-ring (bicyclic) bond motifs is 1. The van der Waals surface area contributed by atoms with E-state index in [1.54, 1.807) is 24.3 Å². The number of rotatable bonds is 5. The van der Waals surface area contributed by atoms with Gasteiger partial charge in [-0.25, -0.2) is 0 Å². The molecule has 2 amide bonds. The van der Waals surface area contributed by atoms with Crippen LogP contribution >= 0.6 is 0 Å². The van der Waals surface area contributed by atoms with Gasteiger partial charge in [0.25, 0.3) is 11.8 Å². The van der Waals surface area contributed by atoms with Gasteiger partial charge in [-0.1, -0.05) is 42.5 Å². The molecule has 0 spiro atoms. The molecule has 7 nitrogen and oxygen atoms in total. The number of amides is 2. The first-order valence-electron chi connectivity index (χ1n) is 8.85. The van der Waals surface area contributed by atoms with Crippen molar-refractivity contribution < 1.29 is 9.59 Å². The zero-order valence-corrected chi connectivity index (χ0v) is 15.2. The Morgan fingerprint density at radius 3 is 2.61 bits per heavy atom. The number of nitrogens with one attached hydrogen (secondary N) is 4. The van der Waals surface area contributed by atoms with Crippen LogP contribution in [0, 0.1) is 6.92 Å². The number of carbonyl (C=O) groups is 2. The predicted octanol–water partition coefficient (Wildman–Crippen LogP) is 3.31. The van der Waals surface area contributed by atoms with Gasteiger partial charge in [-0.15, -0.1) is 0 Å². The number of hydrogen-bond acceptors (Lipinski definition) is 3. The summed E-state index contributed by atoms with van der Waals surface area (Å²) in [4.78, 5) is 28.8. The number of H-pyrrole nitrogens is 2. The Bertz CT molecular complexity index is 1120. The molecular formula is C21H19N5O2. The molecule has 0 aliphatic rings. The lowest BCUT2D eigenvalue weighted by molar-refractivity contribution is -0.118. The lowest BCUT2D eigenvalue weighted by atomic mass is 10.1. The second kappa shape index (κ2) is 7.40. The number of carbonyl (C=O) groups excluding carboxylic acids is 2. The van der Waals surface area contributed by atoms with E-state index < -0.39 is 6.04 Å². The molecule has 28 heavy (non-hydrogen) atoms. The van der Waals surface area contributed by atoms with Crippen molar-refractivity contribution in [2.45, 2.75) is 13.0 Å². The summed E-state index contributed by atoms with van der Waals surface area (Å²) < 4.78 is 0. The first-order valence-corrected chi connectivity index (χ1v) is 8.85. The number of aromatic nitrogens is 3. The summed E-state index contributed by atoms with van der Waals surface area (Å²) in [6.45, 7) is 1.99. The second-order valence-electron chi connectivity index (χ2n) is 6.55. The largest absolute Gasteiger partial charge is 0.351 e. The van der Waals surface area contributed by atoms with Crippen LogP contribution in [-0.2, 0) is 4.79 Å². The molecule has 0 fully saturated rings. The average Bonchev–Trinajstić information content (AvgIpc) is 3.35. The monoisotopic (exact) mass is 373 g/mol. The quantitative estimate of drug-likeness (QED) is 0.431. The number of aryl methyl sites for hydroxylation is 1. The molecule has 0 aliphatic heterocycles. The van der Waals surface area contributed by atoms with E-state index in [4.69, 9.17) is 0 Å². The smallest absolute Gasteiger partial charge is 0.268 e. The summed E-state index contributed by atoms with van der Waals surface area (Å²) >= 11 is 0. The summed E-state index contributed by atoms with van der Waals surface area (Å²) in [5.74, 6) is -0.264. The maximum absolute atomic E-state index is 12.8. The zero-order chi connectivity index (χ0) is 19.5. The molecule has 4 aromatic rings. The SMILES string of the molecule is Cc1ccc2cc(C(=O)NC(C(=O)Nc3ccn[nH]3)c3ccccc3)[nH]c2c1. The van der Waals surface area contributed by atoms with Gasteiger partial charge < -0.3 is 15.6 Å². The fraction of sp³-hybridized carbons (Fsp3) is 0.0952. The van der Waals surface area contributed by atoms with Crippen LogP contribution in [0.15, 0.2) is 66.9 Å². The number of nitrogens with zero attached hydrogens (tertiary/aromatic N) is 1. The van der Waals surface area contributed by atoms with Crippen molar-refractivity contribution in [3.63, 3.8) is 0 Å². The van der Waals surface area contributed by atoms with Crippen molar-refractivity contribution in [2.24, 2.45) is 0 Å². The molecule has 7 heteroatoms. The van der Waals surface area contributed by atoms with E-state index in [-0.39, 0.29) is 11.8 Å². The summed E-state index contributed by atoms with van der Waals surface area (Å²) in [6, 6.07) is 17.6. The highest BCUT2D eigenvalue weighted by atomic mass is 16.2. The van der Waals surface area contributed by atoms with Crippen LogP contribution in [0.25, 0.3) is 10.9 Å². The zero-order valence-electron chi connectivity index (χ0n) is 15.2. The third kappa shape index (κ3) is 3.64. The van der Waals surface area contributed by atoms with E-state index in [1.165, 1.54) is 6.20 Å². The standard InChI is InChI=1S/C21H19N5O2/c1-13-7-8-15-12-17(23-16(15)11-13)20(27)25-19(14-5-3-2-4-6-14)21(28)24-18-9-10-22-26-18/h2-12,19,23H,1H3,(H,25,27)(H2,22,24,26,28). The van der Waals surface area contributed by atoms with Crippen molar-refractivity contribution in [3.05, 3.63) is 83.7 Å². The van der Waals surface area contributed by atoms with Gasteiger partial charge in [0.2, 0.25) is 0 Å². The number of anilines is 1. The van der Waals surface area contributed by atoms with Gasteiger partial charge in [0.15, 0.2) is 0 Å². The van der Waals surface area contributed by atoms with Crippen LogP contribution in [0.2, 0.25) is 0 Å². The van der Waals surface area contributed by atoms with Crippen molar-refractivity contribution in [1.29, 1.82) is 0 Å². The molecule has 0 bridgehead atoms. The second-order valence-corrected chi connectivity index (χ2v) is 6.55. The molecule has 0 aliphatic carbocycles. The number of aromatic amines is 2. The van der Waals surface area contributed by atoms with Crippen LogP contribution in [-0.4, -0.2) is 27.0 Å². The van der Waals surface area contributed by atoms with Gasteiger partial charge in [0, 0.05) is 17.0 Å². The Morgan fingerprint density at radius 2 is 1.86 bits per heavy atom. The third-order valence-corrected chi connectivity index (χ3v) is 4.45. The molecule has 1 unspecified atom stereocenters. The fourth-order valence-corrected chi connectivity index (χ4v) is 3.05. The van der Waals surface area contributed by atoms with E-state index in [0.717, 1.165) is 16.5 Å². The molecule has 4 N–H and O–H groups in total. The summed E-state index contributed by atoms with van der Waals surface area (Å²) in [5, 5.41) is 13.0. The maximum atomic E-state index is 12.8. The molecular weight excluding hydrogens is 354 g/mol. The van der Waals surface area contributed by atoms with Crippen LogP contribution in [0.4, 0.5) is 5.82 Å². The van der Waals surface area contributed by atoms with Crippen molar-refractivity contribution >= 4 is 28.5 Å². The molecule has 0 saturated carbocycles. The minimum Gasteiger partial charge on any atom is -0.351 e. The molecule has 2 aromatic carbocycles. The van der Waals surface area contributed by atoms with Crippen LogP contribution in [0.1, 0.15) is 27.7 Å². The first-order chi connectivity index (χ1) is 13.6. The van der Waals surface area contributed by atoms with Gasteiger partial charge in [-0.05, 0) is 30.2 Å².